The molecule has 2 aliphatic heterocycles. The van der Waals surface area contributed by atoms with E-state index in [0.29, 0.717) is 38.5 Å². The lowest BCUT2D eigenvalue weighted by molar-refractivity contribution is -0.146. The molecule has 46 heavy (non-hydrogen) atoms. The average Bonchev–Trinajstić information content (AvgIpc) is 3.46. The summed E-state index contributed by atoms with van der Waals surface area (Å²) in [4.78, 5) is 70.5. The monoisotopic (exact) mass is 633 g/mol. The molecule has 1 unspecified atom stereocenters. The number of carboxylic acid groups (broad SMARTS) is 1. The summed E-state index contributed by atoms with van der Waals surface area (Å²) in [6.07, 6.45) is 2.97. The first kappa shape index (κ1) is 33.9. The Morgan fingerprint density at radius 3 is 2.20 bits per heavy atom. The van der Waals surface area contributed by atoms with Crippen LogP contribution in [0.1, 0.15) is 56.1 Å². The molecule has 4 amide bonds. The number of carbonyl (C=O) groups excluding carboxylic acids is 4. The van der Waals surface area contributed by atoms with E-state index in [4.69, 9.17) is 11.5 Å². The highest BCUT2D eigenvalue weighted by Crippen LogP contribution is 2.33. The van der Waals surface area contributed by atoms with E-state index >= 15 is 0 Å². The van der Waals surface area contributed by atoms with Crippen LogP contribution in [0.3, 0.4) is 0 Å². The second-order valence-corrected chi connectivity index (χ2v) is 11.8. The molecule has 0 bridgehead atoms. The summed E-state index contributed by atoms with van der Waals surface area (Å²) in [6.45, 7) is 0.0414. The summed E-state index contributed by atoms with van der Waals surface area (Å²) in [5.74, 6) is -2.90. The van der Waals surface area contributed by atoms with Crippen molar-refractivity contribution < 1.29 is 29.1 Å². The summed E-state index contributed by atoms with van der Waals surface area (Å²) in [5, 5.41) is 17.9. The molecule has 246 valence electrons. The molecule has 0 aliphatic carbocycles. The van der Waals surface area contributed by atoms with Crippen LogP contribution in [-0.4, -0.2) is 82.3 Å². The summed E-state index contributed by atoms with van der Waals surface area (Å²) in [7, 11) is 0. The van der Waals surface area contributed by atoms with Crippen molar-refractivity contribution in [1.29, 1.82) is 0 Å². The van der Waals surface area contributed by atoms with Crippen LogP contribution in [-0.2, 0) is 36.8 Å². The fourth-order valence-corrected chi connectivity index (χ4v) is 6.16. The third-order valence-electron chi connectivity index (χ3n) is 8.43. The number of rotatable bonds is 15. The van der Waals surface area contributed by atoms with Crippen molar-refractivity contribution in [2.24, 2.45) is 16.5 Å². The molecule has 2 aliphatic rings. The van der Waals surface area contributed by atoms with E-state index in [1.807, 2.05) is 60.7 Å². The van der Waals surface area contributed by atoms with Crippen molar-refractivity contribution in [2.45, 2.75) is 88.0 Å². The van der Waals surface area contributed by atoms with Gasteiger partial charge in [0.2, 0.25) is 23.6 Å². The van der Waals surface area contributed by atoms with E-state index in [9.17, 15) is 29.1 Å². The van der Waals surface area contributed by atoms with Gasteiger partial charge in [-0.15, -0.1) is 0 Å². The topological polar surface area (TPSA) is 209 Å². The summed E-state index contributed by atoms with van der Waals surface area (Å²) in [6, 6.07) is 15.3. The number of hydrogen-bond donors (Lipinski definition) is 6. The van der Waals surface area contributed by atoms with Gasteiger partial charge in [-0.2, -0.15) is 0 Å². The number of aliphatic carboxylic acids is 1. The minimum absolute atomic E-state index is 0.0414. The average molecular weight is 634 g/mol. The van der Waals surface area contributed by atoms with Crippen LogP contribution in [0, 0.1) is 0 Å². The van der Waals surface area contributed by atoms with Crippen LogP contribution in [0.25, 0.3) is 0 Å². The molecule has 4 rings (SSSR count). The number of nitrogens with one attached hydrogen (secondary N) is 3. The Bertz CT molecular complexity index is 1400. The van der Waals surface area contributed by atoms with Crippen molar-refractivity contribution in [3.05, 3.63) is 71.8 Å². The van der Waals surface area contributed by atoms with Gasteiger partial charge in [-0.05, 0) is 56.1 Å². The Kier molecular flexibility index (Phi) is 12.1. The summed E-state index contributed by atoms with van der Waals surface area (Å²) >= 11 is 0. The third-order valence-corrected chi connectivity index (χ3v) is 8.43. The summed E-state index contributed by atoms with van der Waals surface area (Å²) < 4.78 is 0. The maximum atomic E-state index is 13.7. The number of nitrogens with zero attached hydrogens (tertiary/aromatic N) is 2. The molecule has 2 saturated heterocycles. The zero-order valence-electron chi connectivity index (χ0n) is 25.8. The molecule has 8 N–H and O–H groups in total. The Labute approximate surface area is 268 Å². The number of amides is 4. The zero-order chi connectivity index (χ0) is 33.1. The third kappa shape index (κ3) is 9.78. The Morgan fingerprint density at radius 2 is 1.54 bits per heavy atom. The number of piperidine rings is 1. The summed E-state index contributed by atoms with van der Waals surface area (Å²) in [5.41, 5.74) is 12.8. The number of guanidine groups is 1. The smallest absolute Gasteiger partial charge is 0.305 e. The van der Waals surface area contributed by atoms with Gasteiger partial charge in [0.15, 0.2) is 5.96 Å². The predicted molar refractivity (Wildman–Crippen MR) is 171 cm³/mol. The number of nitrogens with two attached hydrogens (primary N) is 2. The van der Waals surface area contributed by atoms with Gasteiger partial charge in [0, 0.05) is 18.6 Å². The Morgan fingerprint density at radius 1 is 0.891 bits per heavy atom. The second kappa shape index (κ2) is 16.4. The van der Waals surface area contributed by atoms with Gasteiger partial charge < -0.3 is 37.4 Å². The fraction of sp³-hybridized carbons (Fsp3) is 0.455. The molecule has 5 atom stereocenters. The molecule has 13 heteroatoms. The minimum atomic E-state index is -1.08. The van der Waals surface area contributed by atoms with Crippen LogP contribution in [0.4, 0.5) is 0 Å². The molecular formula is C33H43N7O6. The Balaban J connectivity index is 1.41. The van der Waals surface area contributed by atoms with Crippen LogP contribution in [0.15, 0.2) is 65.7 Å². The van der Waals surface area contributed by atoms with E-state index < -0.39 is 42.0 Å². The lowest BCUT2D eigenvalue weighted by Gasteiger charge is -2.38. The van der Waals surface area contributed by atoms with E-state index in [2.05, 4.69) is 20.9 Å². The van der Waals surface area contributed by atoms with Gasteiger partial charge in [0.1, 0.15) is 18.1 Å². The lowest BCUT2D eigenvalue weighted by atomic mass is 9.97. The maximum Gasteiger partial charge on any atom is 0.305 e. The van der Waals surface area contributed by atoms with E-state index in [1.165, 1.54) is 0 Å². The molecule has 0 saturated carbocycles. The van der Waals surface area contributed by atoms with Crippen molar-refractivity contribution in [3.63, 3.8) is 0 Å². The van der Waals surface area contributed by atoms with E-state index in [-0.39, 0.29) is 49.6 Å². The maximum absolute atomic E-state index is 13.7. The SMILES string of the molecule is NC(N)=NCC[C@H](NC(=O)[C@@H]1CC[C@@H]2CCC(NC(=O)Cc3ccccc3)C(=O)N21)C(=O)N[C@@H](CCc1ccccc1)CC(=O)O. The first-order chi connectivity index (χ1) is 22.1. The molecule has 2 aromatic rings. The normalized spacial score (nSPS) is 20.1. The van der Waals surface area contributed by atoms with Crippen LogP contribution in [0.5, 0.6) is 0 Å². The molecule has 0 radical (unpaired) electrons. The molecule has 0 spiro atoms. The first-order valence-electron chi connectivity index (χ1n) is 15.7. The number of aryl methyl sites for hydroxylation is 1. The van der Waals surface area contributed by atoms with Crippen LogP contribution >= 0.6 is 0 Å². The van der Waals surface area contributed by atoms with Crippen LogP contribution in [0.2, 0.25) is 0 Å². The second-order valence-electron chi connectivity index (χ2n) is 11.8. The van der Waals surface area contributed by atoms with Crippen molar-refractivity contribution >= 4 is 35.6 Å². The van der Waals surface area contributed by atoms with Gasteiger partial charge in [0.05, 0.1) is 12.8 Å². The zero-order valence-corrected chi connectivity index (χ0v) is 25.8. The molecule has 2 aromatic carbocycles. The Hall–Kier alpha value is -4.94. The fourth-order valence-electron chi connectivity index (χ4n) is 6.16. The molecule has 2 heterocycles. The molecular weight excluding hydrogens is 590 g/mol. The van der Waals surface area contributed by atoms with Crippen molar-refractivity contribution in [2.75, 3.05) is 6.54 Å². The van der Waals surface area contributed by atoms with Gasteiger partial charge in [-0.3, -0.25) is 29.0 Å². The minimum Gasteiger partial charge on any atom is -0.481 e. The number of aliphatic imine (C=N–C) groups is 1. The van der Waals surface area contributed by atoms with Gasteiger partial charge in [0.25, 0.3) is 0 Å². The quantitative estimate of drug-likeness (QED) is 0.121. The highest BCUT2D eigenvalue weighted by molar-refractivity contribution is 5.95. The predicted octanol–water partition coefficient (Wildman–Crippen LogP) is 0.608. The number of carbonyl (C=O) groups is 5. The van der Waals surface area contributed by atoms with Gasteiger partial charge >= 0.3 is 5.97 Å². The van der Waals surface area contributed by atoms with Crippen molar-refractivity contribution in [1.82, 2.24) is 20.9 Å². The number of carboxylic acids is 1. The standard InChI is InChI=1S/C33H43N7O6/c34-33(35)36-18-17-25(30(44)37-23(20-29(42)43)12-11-21-7-3-1-4-8-21)39-31(45)27-16-14-24-13-15-26(32(46)40(24)27)38-28(41)19-22-9-5-2-6-10-22/h1-10,23-27H,11-20H2,(H,37,44)(H,38,41)(H,39,45)(H,42,43)(H4,34,35,36)/t23-,24-,25-,26?,27-/m0/s1. The van der Waals surface area contributed by atoms with Crippen molar-refractivity contribution in [3.8, 4) is 0 Å². The number of hydrogen-bond acceptors (Lipinski definition) is 6. The highest BCUT2D eigenvalue weighted by atomic mass is 16.4. The largest absolute Gasteiger partial charge is 0.481 e. The van der Waals surface area contributed by atoms with E-state index in [0.717, 1.165) is 11.1 Å². The van der Waals surface area contributed by atoms with Gasteiger partial charge in [-0.25, -0.2) is 0 Å². The molecule has 0 aromatic heterocycles. The molecule has 2 fully saturated rings. The van der Waals surface area contributed by atoms with Crippen LogP contribution < -0.4 is 27.4 Å². The number of benzene rings is 2. The van der Waals surface area contributed by atoms with E-state index in [1.54, 1.807) is 4.90 Å². The highest BCUT2D eigenvalue weighted by Gasteiger charge is 2.46. The lowest BCUT2D eigenvalue weighted by Crippen LogP contribution is -2.60. The first-order valence-corrected chi connectivity index (χ1v) is 15.7. The van der Waals surface area contributed by atoms with Gasteiger partial charge in [-0.1, -0.05) is 60.7 Å². The molecule has 13 nitrogen and oxygen atoms in total. The number of fused-ring (bicyclic) bond motifs is 1.